The lowest BCUT2D eigenvalue weighted by Crippen LogP contribution is -2.29. The minimum Gasteiger partial charge on any atom is -0.282 e. The monoisotopic (exact) mass is 374 g/mol. The van der Waals surface area contributed by atoms with Crippen molar-refractivity contribution < 1.29 is 9.18 Å². The topological polar surface area (TPSA) is 58.5 Å². The van der Waals surface area contributed by atoms with Gasteiger partial charge in [0.25, 0.3) is 5.91 Å². The van der Waals surface area contributed by atoms with Gasteiger partial charge in [0.1, 0.15) is 10.8 Å². The molecule has 25 heavy (non-hydrogen) atoms. The maximum Gasteiger partial charge on any atom is 0.267 e. The molecule has 0 spiro atoms. The van der Waals surface area contributed by atoms with Crippen molar-refractivity contribution in [2.45, 2.75) is 13.3 Å². The van der Waals surface area contributed by atoms with Crippen molar-refractivity contribution in [1.29, 1.82) is 0 Å². The average Bonchev–Trinajstić information content (AvgIpc) is 3.17. The van der Waals surface area contributed by atoms with E-state index in [0.29, 0.717) is 27.3 Å². The Balaban J connectivity index is 1.95. The second-order valence-electron chi connectivity index (χ2n) is 5.06. The van der Waals surface area contributed by atoms with E-state index in [9.17, 15) is 9.18 Å². The van der Waals surface area contributed by atoms with Gasteiger partial charge in [0.2, 0.25) is 5.13 Å². The lowest BCUT2D eigenvalue weighted by Gasteiger charge is -2.11. The molecule has 0 saturated carbocycles. The smallest absolute Gasteiger partial charge is 0.267 e. The number of carbonyl (C=O) groups is 1. The first kappa shape index (κ1) is 17.5. The predicted octanol–water partition coefficient (Wildman–Crippen LogP) is 4.03. The predicted molar refractivity (Wildman–Crippen MR) is 100 cm³/mol. The average molecular weight is 374 g/mol. The van der Waals surface area contributed by atoms with E-state index in [4.69, 9.17) is 0 Å². The third-order valence-corrected chi connectivity index (χ3v) is 5.31. The van der Waals surface area contributed by atoms with Crippen molar-refractivity contribution in [2.24, 2.45) is 4.99 Å². The zero-order valence-electron chi connectivity index (χ0n) is 13.5. The summed E-state index contributed by atoms with van der Waals surface area (Å²) in [6.07, 6.45) is 3.94. The Morgan fingerprint density at radius 1 is 1.36 bits per heavy atom. The van der Waals surface area contributed by atoms with Gasteiger partial charge in [-0.2, -0.15) is 4.99 Å². The van der Waals surface area contributed by atoms with Crippen LogP contribution in [0.1, 0.15) is 17.5 Å². The van der Waals surface area contributed by atoms with Crippen molar-refractivity contribution in [3.8, 4) is 0 Å². The molecule has 1 fully saturated rings. The zero-order chi connectivity index (χ0) is 17.8. The van der Waals surface area contributed by atoms with E-state index in [2.05, 4.69) is 21.8 Å². The number of aryl methyl sites for hydroxylation is 1. The van der Waals surface area contributed by atoms with Gasteiger partial charge >= 0.3 is 0 Å². The molecule has 1 aliphatic rings. The maximum absolute atomic E-state index is 13.9. The van der Waals surface area contributed by atoms with E-state index in [1.54, 1.807) is 30.4 Å². The molecule has 1 amide bonds. The highest BCUT2D eigenvalue weighted by Crippen LogP contribution is 2.34. The zero-order valence-corrected chi connectivity index (χ0v) is 15.1. The summed E-state index contributed by atoms with van der Waals surface area (Å²) in [5, 5.41) is 9.91. The van der Waals surface area contributed by atoms with Crippen LogP contribution in [0.25, 0.3) is 6.08 Å². The fraction of sp³-hybridized carbons (Fsp3) is 0.176. The molecule has 128 valence electrons. The van der Waals surface area contributed by atoms with Crippen molar-refractivity contribution in [3.63, 3.8) is 0 Å². The molecule has 5 nitrogen and oxygen atoms in total. The van der Waals surface area contributed by atoms with Crippen LogP contribution in [0.4, 0.5) is 9.52 Å². The van der Waals surface area contributed by atoms with E-state index in [1.165, 1.54) is 34.1 Å². The highest BCUT2D eigenvalue weighted by atomic mass is 32.2. The summed E-state index contributed by atoms with van der Waals surface area (Å²) in [5.74, 6) is -0.604. The van der Waals surface area contributed by atoms with Crippen LogP contribution in [0.3, 0.4) is 0 Å². The number of aromatic nitrogens is 2. The fourth-order valence-electron chi connectivity index (χ4n) is 2.13. The van der Waals surface area contributed by atoms with Gasteiger partial charge in [-0.15, -0.1) is 16.8 Å². The van der Waals surface area contributed by atoms with Crippen molar-refractivity contribution in [3.05, 3.63) is 58.2 Å². The standard InChI is InChI=1S/C17H15FN4OS2/c1-3-9-22-15(23)13(10-11-7-5-6-8-12(11)18)24-17(22)19-16-21-20-14(4-2)25-16/h3,5-8,10H,1,4,9H2,2H3/b13-10-,19-17+. The normalized spacial score (nSPS) is 17.7. The molecule has 0 radical (unpaired) electrons. The number of hydrogen-bond donors (Lipinski definition) is 0. The van der Waals surface area contributed by atoms with Crippen LogP contribution in [0.5, 0.6) is 0 Å². The summed E-state index contributed by atoms with van der Waals surface area (Å²) < 4.78 is 13.9. The molecule has 0 aliphatic carbocycles. The summed E-state index contributed by atoms with van der Waals surface area (Å²) >= 11 is 2.58. The molecule has 0 bridgehead atoms. The molecule has 3 rings (SSSR count). The Bertz CT molecular complexity index is 875. The van der Waals surface area contributed by atoms with E-state index >= 15 is 0 Å². The third kappa shape index (κ3) is 3.85. The Labute approximate surface area is 153 Å². The summed E-state index contributed by atoms with van der Waals surface area (Å²) in [5.41, 5.74) is 0.363. The highest BCUT2D eigenvalue weighted by molar-refractivity contribution is 8.18. The molecule has 0 unspecified atom stereocenters. The van der Waals surface area contributed by atoms with Crippen LogP contribution in [0, 0.1) is 5.82 Å². The Kier molecular flexibility index (Phi) is 5.40. The first-order valence-corrected chi connectivity index (χ1v) is 9.23. The maximum atomic E-state index is 13.9. The molecule has 2 heterocycles. The van der Waals surface area contributed by atoms with Crippen molar-refractivity contribution in [1.82, 2.24) is 15.1 Å². The van der Waals surface area contributed by atoms with Crippen LogP contribution in [-0.4, -0.2) is 32.7 Å². The number of amidine groups is 1. The molecule has 8 heteroatoms. The molecular weight excluding hydrogens is 359 g/mol. The van der Waals surface area contributed by atoms with E-state index in [1.807, 2.05) is 6.92 Å². The van der Waals surface area contributed by atoms with Crippen LogP contribution in [0.15, 0.2) is 46.8 Å². The summed E-state index contributed by atoms with van der Waals surface area (Å²) in [6, 6.07) is 6.32. The first-order chi connectivity index (χ1) is 12.1. The second-order valence-corrected chi connectivity index (χ2v) is 7.11. The second kappa shape index (κ2) is 7.71. The van der Waals surface area contributed by atoms with E-state index in [0.717, 1.165) is 11.4 Å². The van der Waals surface area contributed by atoms with Crippen molar-refractivity contribution in [2.75, 3.05) is 6.54 Å². The molecule has 1 aromatic carbocycles. The first-order valence-electron chi connectivity index (χ1n) is 7.60. The van der Waals surface area contributed by atoms with Gasteiger partial charge in [0.05, 0.1) is 4.91 Å². The number of thioether (sulfide) groups is 1. The number of benzene rings is 1. The van der Waals surface area contributed by atoms with Gasteiger partial charge in [-0.1, -0.05) is 42.5 Å². The molecule has 0 N–H and O–H groups in total. The summed E-state index contributed by atoms with van der Waals surface area (Å²) in [7, 11) is 0. The van der Waals surface area contributed by atoms with Crippen LogP contribution >= 0.6 is 23.1 Å². The SMILES string of the molecule is C=CCN1C(=O)/C(=C/c2ccccc2F)S/C1=N/c1nnc(CC)s1. The number of rotatable bonds is 5. The minimum atomic E-state index is -0.374. The van der Waals surface area contributed by atoms with Crippen LogP contribution < -0.4 is 0 Å². The molecular formula is C17H15FN4OS2. The Morgan fingerprint density at radius 2 is 2.16 bits per heavy atom. The third-order valence-electron chi connectivity index (χ3n) is 3.34. The summed E-state index contributed by atoms with van der Waals surface area (Å²) in [4.78, 5) is 19.0. The number of amides is 1. The van der Waals surface area contributed by atoms with Gasteiger partial charge in [-0.3, -0.25) is 9.69 Å². The lowest BCUT2D eigenvalue weighted by atomic mass is 10.2. The number of aliphatic imine (C=N–C) groups is 1. The lowest BCUT2D eigenvalue weighted by molar-refractivity contribution is -0.121. The quantitative estimate of drug-likeness (QED) is 0.586. The van der Waals surface area contributed by atoms with E-state index < -0.39 is 0 Å². The van der Waals surface area contributed by atoms with Crippen LogP contribution in [0.2, 0.25) is 0 Å². The molecule has 1 saturated heterocycles. The molecule has 1 aliphatic heterocycles. The Hall–Kier alpha value is -2.32. The largest absolute Gasteiger partial charge is 0.282 e. The van der Waals surface area contributed by atoms with Gasteiger partial charge in [-0.05, 0) is 30.3 Å². The summed E-state index contributed by atoms with van der Waals surface area (Å²) in [6.45, 7) is 5.99. The highest BCUT2D eigenvalue weighted by Gasteiger charge is 2.33. The molecule has 1 aromatic heterocycles. The number of halogens is 1. The van der Waals surface area contributed by atoms with Gasteiger partial charge < -0.3 is 0 Å². The fourth-order valence-corrected chi connectivity index (χ4v) is 3.82. The molecule has 0 atom stereocenters. The minimum absolute atomic E-state index is 0.230. The van der Waals surface area contributed by atoms with Crippen molar-refractivity contribution >= 4 is 45.4 Å². The number of nitrogens with zero attached hydrogens (tertiary/aromatic N) is 4. The van der Waals surface area contributed by atoms with Gasteiger partial charge in [0, 0.05) is 12.1 Å². The number of carbonyl (C=O) groups excluding carboxylic acids is 1. The Morgan fingerprint density at radius 3 is 2.84 bits per heavy atom. The molecule has 2 aromatic rings. The van der Waals surface area contributed by atoms with Gasteiger partial charge in [-0.25, -0.2) is 4.39 Å². The van der Waals surface area contributed by atoms with Gasteiger partial charge in [0.15, 0.2) is 5.17 Å². The van der Waals surface area contributed by atoms with E-state index in [-0.39, 0.29) is 11.7 Å². The number of hydrogen-bond acceptors (Lipinski definition) is 6. The van der Waals surface area contributed by atoms with Crippen LogP contribution in [-0.2, 0) is 11.2 Å².